The van der Waals surface area contributed by atoms with Crippen LogP contribution in [0.1, 0.15) is 51.4 Å². The van der Waals surface area contributed by atoms with Crippen LogP contribution in [0.3, 0.4) is 0 Å². The molecule has 0 fully saturated rings. The Hall–Kier alpha value is -1.40. The second kappa shape index (κ2) is 7.74. The number of rotatable bonds is 7. The monoisotopic (exact) mass is 326 g/mol. The molecule has 0 spiro atoms. The number of carbonyl (C=O) groups is 1. The standard InChI is InChI=1S/C16H26N2O3S/c1-6-12(4)18-22(20,21)15-9-7-14(8-10-15)16(19)17-13(5)11(2)3/h7-13,18H,6H2,1-5H3,(H,17,19). The average molecular weight is 326 g/mol. The van der Waals surface area contributed by atoms with Crippen LogP contribution in [-0.2, 0) is 10.0 Å². The summed E-state index contributed by atoms with van der Waals surface area (Å²) < 4.78 is 26.9. The molecule has 0 aromatic heterocycles. The quantitative estimate of drug-likeness (QED) is 0.808. The molecular formula is C16H26N2O3S. The third-order valence-corrected chi connectivity index (χ3v) is 5.36. The van der Waals surface area contributed by atoms with E-state index >= 15 is 0 Å². The first-order chi connectivity index (χ1) is 10.2. The molecule has 2 N–H and O–H groups in total. The molecule has 1 aromatic rings. The molecular weight excluding hydrogens is 300 g/mol. The van der Waals surface area contributed by atoms with Crippen molar-refractivity contribution in [3.05, 3.63) is 29.8 Å². The van der Waals surface area contributed by atoms with Crippen LogP contribution in [0, 0.1) is 5.92 Å². The van der Waals surface area contributed by atoms with Crippen molar-refractivity contribution >= 4 is 15.9 Å². The zero-order chi connectivity index (χ0) is 16.9. The van der Waals surface area contributed by atoms with E-state index in [0.29, 0.717) is 17.9 Å². The highest BCUT2D eigenvalue weighted by Gasteiger charge is 2.18. The van der Waals surface area contributed by atoms with Gasteiger partial charge in [0.1, 0.15) is 0 Å². The highest BCUT2D eigenvalue weighted by molar-refractivity contribution is 7.89. The average Bonchev–Trinajstić information content (AvgIpc) is 2.46. The van der Waals surface area contributed by atoms with Crippen LogP contribution in [0.25, 0.3) is 0 Å². The maximum absolute atomic E-state index is 12.1. The van der Waals surface area contributed by atoms with Gasteiger partial charge in [0.25, 0.3) is 5.91 Å². The van der Waals surface area contributed by atoms with Crippen molar-refractivity contribution in [2.75, 3.05) is 0 Å². The number of amides is 1. The molecule has 0 bridgehead atoms. The lowest BCUT2D eigenvalue weighted by molar-refractivity contribution is 0.0930. The molecule has 0 saturated carbocycles. The summed E-state index contributed by atoms with van der Waals surface area (Å²) in [6.45, 7) is 9.73. The molecule has 1 rings (SSSR count). The van der Waals surface area contributed by atoms with Gasteiger partial charge in [0.15, 0.2) is 0 Å². The van der Waals surface area contributed by atoms with Crippen molar-refractivity contribution in [3.63, 3.8) is 0 Å². The summed E-state index contributed by atoms with van der Waals surface area (Å²) in [7, 11) is -3.53. The van der Waals surface area contributed by atoms with Gasteiger partial charge in [0.2, 0.25) is 10.0 Å². The fraction of sp³-hybridized carbons (Fsp3) is 0.562. The van der Waals surface area contributed by atoms with Gasteiger partial charge in [0.05, 0.1) is 4.90 Å². The van der Waals surface area contributed by atoms with E-state index in [4.69, 9.17) is 0 Å². The van der Waals surface area contributed by atoms with Gasteiger partial charge in [-0.15, -0.1) is 0 Å². The second-order valence-electron chi connectivity index (χ2n) is 5.96. The fourth-order valence-corrected chi connectivity index (χ4v) is 2.99. The summed E-state index contributed by atoms with van der Waals surface area (Å²) in [6, 6.07) is 5.92. The van der Waals surface area contributed by atoms with Gasteiger partial charge in [-0.1, -0.05) is 20.8 Å². The van der Waals surface area contributed by atoms with Gasteiger partial charge >= 0.3 is 0 Å². The van der Waals surface area contributed by atoms with Crippen molar-refractivity contribution in [1.82, 2.24) is 10.0 Å². The van der Waals surface area contributed by atoms with E-state index in [1.165, 1.54) is 24.3 Å². The Bertz CT molecular complexity index is 594. The Balaban J connectivity index is 2.84. The molecule has 0 saturated heterocycles. The highest BCUT2D eigenvalue weighted by Crippen LogP contribution is 2.12. The number of sulfonamides is 1. The van der Waals surface area contributed by atoms with E-state index in [9.17, 15) is 13.2 Å². The first-order valence-electron chi connectivity index (χ1n) is 7.60. The van der Waals surface area contributed by atoms with E-state index in [0.717, 1.165) is 0 Å². The van der Waals surface area contributed by atoms with E-state index in [-0.39, 0.29) is 22.9 Å². The third kappa shape index (κ3) is 5.10. The highest BCUT2D eigenvalue weighted by atomic mass is 32.2. The largest absolute Gasteiger partial charge is 0.349 e. The molecule has 1 amide bonds. The van der Waals surface area contributed by atoms with Crippen molar-refractivity contribution in [2.45, 2.75) is 58.0 Å². The Labute approximate surface area is 133 Å². The van der Waals surface area contributed by atoms with E-state index in [1.54, 1.807) is 0 Å². The van der Waals surface area contributed by atoms with Crippen LogP contribution in [0.5, 0.6) is 0 Å². The van der Waals surface area contributed by atoms with Gasteiger partial charge in [-0.05, 0) is 50.5 Å². The van der Waals surface area contributed by atoms with Crippen LogP contribution in [0.15, 0.2) is 29.2 Å². The van der Waals surface area contributed by atoms with E-state index in [2.05, 4.69) is 10.0 Å². The van der Waals surface area contributed by atoms with Crippen LogP contribution in [-0.4, -0.2) is 26.4 Å². The Morgan fingerprint density at radius 1 is 1.09 bits per heavy atom. The van der Waals surface area contributed by atoms with Crippen LogP contribution >= 0.6 is 0 Å². The zero-order valence-electron chi connectivity index (χ0n) is 13.9. The lowest BCUT2D eigenvalue weighted by Crippen LogP contribution is -2.36. The molecule has 0 aliphatic rings. The van der Waals surface area contributed by atoms with Gasteiger partial charge in [-0.25, -0.2) is 13.1 Å². The molecule has 2 unspecified atom stereocenters. The van der Waals surface area contributed by atoms with Gasteiger partial charge in [-0.3, -0.25) is 4.79 Å². The number of hydrogen-bond donors (Lipinski definition) is 2. The molecule has 5 nitrogen and oxygen atoms in total. The molecule has 0 aliphatic carbocycles. The van der Waals surface area contributed by atoms with E-state index in [1.807, 2.05) is 34.6 Å². The first kappa shape index (κ1) is 18.6. The molecule has 1 aromatic carbocycles. The smallest absolute Gasteiger partial charge is 0.251 e. The topological polar surface area (TPSA) is 75.3 Å². The number of benzene rings is 1. The minimum Gasteiger partial charge on any atom is -0.349 e. The summed E-state index contributed by atoms with van der Waals surface area (Å²) >= 11 is 0. The minimum absolute atomic E-state index is 0.0583. The molecule has 0 aliphatic heterocycles. The van der Waals surface area contributed by atoms with Crippen molar-refractivity contribution in [1.29, 1.82) is 0 Å². The lowest BCUT2D eigenvalue weighted by Gasteiger charge is -2.17. The van der Waals surface area contributed by atoms with E-state index < -0.39 is 10.0 Å². The maximum atomic E-state index is 12.1. The number of nitrogens with one attached hydrogen (secondary N) is 2. The summed E-state index contributed by atoms with van der Waals surface area (Å²) in [4.78, 5) is 12.2. The molecule has 0 heterocycles. The number of carbonyl (C=O) groups excluding carboxylic acids is 1. The normalized spacial score (nSPS) is 14.6. The molecule has 6 heteroatoms. The minimum atomic E-state index is -3.53. The Morgan fingerprint density at radius 3 is 2.09 bits per heavy atom. The van der Waals surface area contributed by atoms with Crippen molar-refractivity contribution in [2.24, 2.45) is 5.92 Å². The molecule has 22 heavy (non-hydrogen) atoms. The lowest BCUT2D eigenvalue weighted by atomic mass is 10.1. The molecule has 124 valence electrons. The SMILES string of the molecule is CCC(C)NS(=O)(=O)c1ccc(C(=O)NC(C)C(C)C)cc1. The van der Waals surface area contributed by atoms with Crippen LogP contribution < -0.4 is 10.0 Å². The molecule has 0 radical (unpaired) electrons. The summed E-state index contributed by atoms with van der Waals surface area (Å²) in [5.41, 5.74) is 0.454. The summed E-state index contributed by atoms with van der Waals surface area (Å²) in [6.07, 6.45) is 0.715. The maximum Gasteiger partial charge on any atom is 0.251 e. The fourth-order valence-electron chi connectivity index (χ4n) is 1.66. The van der Waals surface area contributed by atoms with Gasteiger partial charge < -0.3 is 5.32 Å². The van der Waals surface area contributed by atoms with Gasteiger partial charge in [0, 0.05) is 17.6 Å². The molecule has 2 atom stereocenters. The Kier molecular flexibility index (Phi) is 6.56. The summed E-state index contributed by atoms with van der Waals surface area (Å²) in [5.74, 6) is 0.142. The first-order valence-corrected chi connectivity index (χ1v) is 9.09. The zero-order valence-corrected chi connectivity index (χ0v) is 14.7. The van der Waals surface area contributed by atoms with Gasteiger partial charge in [-0.2, -0.15) is 0 Å². The summed E-state index contributed by atoms with van der Waals surface area (Å²) in [5, 5.41) is 2.89. The van der Waals surface area contributed by atoms with Crippen LogP contribution in [0.4, 0.5) is 0 Å². The predicted molar refractivity (Wildman–Crippen MR) is 88.3 cm³/mol. The predicted octanol–water partition coefficient (Wildman–Crippen LogP) is 2.54. The third-order valence-electron chi connectivity index (χ3n) is 3.75. The van der Waals surface area contributed by atoms with Crippen LogP contribution in [0.2, 0.25) is 0 Å². The Morgan fingerprint density at radius 2 is 1.64 bits per heavy atom. The second-order valence-corrected chi connectivity index (χ2v) is 7.68. The number of hydrogen-bond acceptors (Lipinski definition) is 3. The van der Waals surface area contributed by atoms with Crippen molar-refractivity contribution < 1.29 is 13.2 Å². The van der Waals surface area contributed by atoms with Crippen molar-refractivity contribution in [3.8, 4) is 0 Å².